The standard InChI is InChI=1S/C23H24O7/c1-6-7-16-13-17(14-20(27-3)22(16)29-5)23(25)30-18-10-8-15(12-19(18)26-2)9-11-21(24)28-4/h6-14H,1-5H3/b7-6+,11-9+. The first-order valence-electron chi connectivity index (χ1n) is 9.02. The molecule has 0 spiro atoms. The number of methoxy groups -OCH3 is 4. The average Bonchev–Trinajstić information content (AvgIpc) is 2.77. The molecule has 0 saturated carbocycles. The first-order chi connectivity index (χ1) is 14.5. The zero-order chi connectivity index (χ0) is 22.1. The Morgan fingerprint density at radius 2 is 1.57 bits per heavy atom. The van der Waals surface area contributed by atoms with E-state index in [9.17, 15) is 9.59 Å². The second-order valence-corrected chi connectivity index (χ2v) is 5.96. The SMILES string of the molecule is C/C=C/c1cc(C(=O)Oc2ccc(/C=C/C(=O)OC)cc2OC)cc(OC)c1OC. The van der Waals surface area contributed by atoms with Crippen LogP contribution in [0, 0.1) is 0 Å². The van der Waals surface area contributed by atoms with Gasteiger partial charge in [0.2, 0.25) is 0 Å². The van der Waals surface area contributed by atoms with Gasteiger partial charge < -0.3 is 23.7 Å². The Morgan fingerprint density at radius 1 is 0.833 bits per heavy atom. The minimum Gasteiger partial charge on any atom is -0.493 e. The summed E-state index contributed by atoms with van der Waals surface area (Å²) in [6.45, 7) is 1.86. The Morgan fingerprint density at radius 3 is 2.17 bits per heavy atom. The molecule has 7 nitrogen and oxygen atoms in total. The fourth-order valence-electron chi connectivity index (χ4n) is 2.68. The Hall–Kier alpha value is -3.74. The third kappa shape index (κ3) is 5.41. The molecular weight excluding hydrogens is 388 g/mol. The summed E-state index contributed by atoms with van der Waals surface area (Å²) < 4.78 is 26.1. The molecule has 30 heavy (non-hydrogen) atoms. The van der Waals surface area contributed by atoms with Crippen molar-refractivity contribution in [3.63, 3.8) is 0 Å². The van der Waals surface area contributed by atoms with E-state index in [1.165, 1.54) is 34.5 Å². The van der Waals surface area contributed by atoms with Crippen molar-refractivity contribution < 1.29 is 33.3 Å². The maximum Gasteiger partial charge on any atom is 0.343 e. The van der Waals surface area contributed by atoms with Crippen molar-refractivity contribution >= 4 is 24.1 Å². The van der Waals surface area contributed by atoms with Crippen LogP contribution >= 0.6 is 0 Å². The lowest BCUT2D eigenvalue weighted by atomic mass is 10.1. The molecule has 0 unspecified atom stereocenters. The van der Waals surface area contributed by atoms with Crippen LogP contribution in [0.2, 0.25) is 0 Å². The van der Waals surface area contributed by atoms with Gasteiger partial charge in [-0.2, -0.15) is 0 Å². The number of carbonyl (C=O) groups excluding carboxylic acids is 2. The summed E-state index contributed by atoms with van der Waals surface area (Å²) in [6.07, 6.45) is 6.49. The fraction of sp³-hybridized carbons (Fsp3) is 0.217. The topological polar surface area (TPSA) is 80.3 Å². The maximum absolute atomic E-state index is 12.8. The number of hydrogen-bond acceptors (Lipinski definition) is 7. The minimum absolute atomic E-state index is 0.236. The van der Waals surface area contributed by atoms with Gasteiger partial charge >= 0.3 is 11.9 Å². The predicted octanol–water partition coefficient (Wildman–Crippen LogP) is 4.15. The number of carbonyl (C=O) groups is 2. The number of allylic oxidation sites excluding steroid dienone is 1. The van der Waals surface area contributed by atoms with Crippen molar-refractivity contribution in [1.82, 2.24) is 0 Å². The molecule has 0 atom stereocenters. The molecule has 7 heteroatoms. The molecule has 2 aromatic carbocycles. The summed E-state index contributed by atoms with van der Waals surface area (Å²) >= 11 is 0. The molecule has 0 aromatic heterocycles. The highest BCUT2D eigenvalue weighted by molar-refractivity contribution is 5.93. The van der Waals surface area contributed by atoms with E-state index in [1.54, 1.807) is 42.5 Å². The van der Waals surface area contributed by atoms with Crippen molar-refractivity contribution in [3.05, 3.63) is 59.2 Å². The molecule has 0 saturated heterocycles. The van der Waals surface area contributed by atoms with Crippen LogP contribution in [0.25, 0.3) is 12.2 Å². The highest BCUT2D eigenvalue weighted by atomic mass is 16.6. The van der Waals surface area contributed by atoms with Gasteiger partial charge in [0.05, 0.1) is 34.0 Å². The Kier molecular flexibility index (Phi) is 8.05. The summed E-state index contributed by atoms with van der Waals surface area (Å²) in [7, 11) is 5.78. The molecule has 0 radical (unpaired) electrons. The van der Waals surface area contributed by atoms with E-state index in [0.717, 1.165) is 0 Å². The second kappa shape index (κ2) is 10.7. The molecule has 2 rings (SSSR count). The van der Waals surface area contributed by atoms with Crippen LogP contribution in [0.1, 0.15) is 28.4 Å². The van der Waals surface area contributed by atoms with E-state index >= 15 is 0 Å². The third-order valence-corrected chi connectivity index (χ3v) is 4.09. The fourth-order valence-corrected chi connectivity index (χ4v) is 2.68. The van der Waals surface area contributed by atoms with Crippen molar-refractivity contribution in [2.45, 2.75) is 6.92 Å². The third-order valence-electron chi connectivity index (χ3n) is 4.09. The zero-order valence-corrected chi connectivity index (χ0v) is 17.6. The van der Waals surface area contributed by atoms with Gasteiger partial charge in [-0.05, 0) is 42.8 Å². The van der Waals surface area contributed by atoms with Crippen LogP contribution in [-0.4, -0.2) is 40.4 Å². The van der Waals surface area contributed by atoms with Gasteiger partial charge in [-0.15, -0.1) is 0 Å². The van der Waals surface area contributed by atoms with Crippen LogP contribution in [0.4, 0.5) is 0 Å². The molecule has 0 bridgehead atoms. The molecule has 0 N–H and O–H groups in total. The van der Waals surface area contributed by atoms with Crippen LogP contribution in [0.15, 0.2) is 42.5 Å². The van der Waals surface area contributed by atoms with Crippen LogP contribution < -0.4 is 18.9 Å². The van der Waals surface area contributed by atoms with E-state index in [1.807, 2.05) is 13.0 Å². The van der Waals surface area contributed by atoms with Crippen molar-refractivity contribution in [2.75, 3.05) is 28.4 Å². The molecule has 158 valence electrons. The number of benzene rings is 2. The van der Waals surface area contributed by atoms with Gasteiger partial charge in [-0.3, -0.25) is 0 Å². The lowest BCUT2D eigenvalue weighted by Crippen LogP contribution is -2.10. The molecular formula is C23H24O7. The Balaban J connectivity index is 2.34. The zero-order valence-electron chi connectivity index (χ0n) is 17.6. The van der Waals surface area contributed by atoms with Crippen LogP contribution in [-0.2, 0) is 9.53 Å². The number of hydrogen-bond donors (Lipinski definition) is 0. The van der Waals surface area contributed by atoms with Gasteiger partial charge in [-0.25, -0.2) is 9.59 Å². The normalized spacial score (nSPS) is 10.8. The van der Waals surface area contributed by atoms with Crippen molar-refractivity contribution in [1.29, 1.82) is 0 Å². The highest BCUT2D eigenvalue weighted by Crippen LogP contribution is 2.35. The predicted molar refractivity (Wildman–Crippen MR) is 113 cm³/mol. The first kappa shape index (κ1) is 22.5. The first-order valence-corrected chi connectivity index (χ1v) is 9.02. The lowest BCUT2D eigenvalue weighted by molar-refractivity contribution is -0.134. The summed E-state index contributed by atoms with van der Waals surface area (Å²) in [5.41, 5.74) is 1.65. The minimum atomic E-state index is -0.585. The maximum atomic E-state index is 12.8. The largest absolute Gasteiger partial charge is 0.493 e. The summed E-state index contributed by atoms with van der Waals surface area (Å²) in [5, 5.41) is 0. The van der Waals surface area contributed by atoms with Gasteiger partial charge in [0, 0.05) is 11.6 Å². The van der Waals surface area contributed by atoms with E-state index in [0.29, 0.717) is 28.4 Å². The average molecular weight is 412 g/mol. The molecule has 0 heterocycles. The Labute approximate surface area is 175 Å². The van der Waals surface area contributed by atoms with Gasteiger partial charge in [-0.1, -0.05) is 18.2 Å². The van der Waals surface area contributed by atoms with Crippen LogP contribution in [0.5, 0.6) is 23.0 Å². The van der Waals surface area contributed by atoms with E-state index in [4.69, 9.17) is 18.9 Å². The van der Waals surface area contributed by atoms with Crippen molar-refractivity contribution in [3.8, 4) is 23.0 Å². The van der Waals surface area contributed by atoms with Gasteiger partial charge in [0.1, 0.15) is 0 Å². The summed E-state index contributed by atoms with van der Waals surface area (Å²) in [4.78, 5) is 24.0. The summed E-state index contributed by atoms with van der Waals surface area (Å²) in [6, 6.07) is 8.12. The monoisotopic (exact) mass is 412 g/mol. The van der Waals surface area contributed by atoms with Gasteiger partial charge in [0.25, 0.3) is 0 Å². The van der Waals surface area contributed by atoms with Crippen LogP contribution in [0.3, 0.4) is 0 Å². The molecule has 0 aliphatic carbocycles. The van der Waals surface area contributed by atoms with E-state index in [-0.39, 0.29) is 11.3 Å². The molecule has 2 aromatic rings. The van der Waals surface area contributed by atoms with Gasteiger partial charge in [0.15, 0.2) is 23.0 Å². The smallest absolute Gasteiger partial charge is 0.343 e. The summed E-state index contributed by atoms with van der Waals surface area (Å²) in [5.74, 6) is 0.444. The highest BCUT2D eigenvalue weighted by Gasteiger charge is 2.18. The number of rotatable bonds is 8. The molecule has 0 aliphatic rings. The Bertz CT molecular complexity index is 974. The molecule has 0 aliphatic heterocycles. The van der Waals surface area contributed by atoms with E-state index in [2.05, 4.69) is 4.74 Å². The number of ether oxygens (including phenoxy) is 5. The van der Waals surface area contributed by atoms with Crippen molar-refractivity contribution in [2.24, 2.45) is 0 Å². The molecule has 0 fully saturated rings. The number of esters is 2. The molecule has 0 amide bonds. The lowest BCUT2D eigenvalue weighted by Gasteiger charge is -2.14. The van der Waals surface area contributed by atoms with E-state index < -0.39 is 11.9 Å². The quantitative estimate of drug-likeness (QED) is 0.366. The second-order valence-electron chi connectivity index (χ2n) is 5.96.